The zero-order valence-corrected chi connectivity index (χ0v) is 13.0. The molecular formula is C12H11Cl2N3O2S. The van der Waals surface area contributed by atoms with E-state index in [2.05, 4.69) is 10.3 Å². The van der Waals surface area contributed by atoms with Crippen LogP contribution in [0.4, 0.5) is 11.4 Å². The normalized spacial score (nSPS) is 12.2. The topological polar surface area (TPSA) is 68.1 Å². The molecule has 1 N–H and O–H groups in total. The molecule has 0 aliphatic carbocycles. The van der Waals surface area contributed by atoms with Crippen molar-refractivity contribution in [2.24, 2.45) is 0 Å². The number of nitrogens with one attached hydrogen (secondary N) is 1. The van der Waals surface area contributed by atoms with Crippen LogP contribution in [0.1, 0.15) is 23.7 Å². The third-order valence-electron chi connectivity index (χ3n) is 2.61. The molecule has 0 bridgehead atoms. The van der Waals surface area contributed by atoms with E-state index < -0.39 is 4.92 Å². The van der Waals surface area contributed by atoms with Gasteiger partial charge in [0.1, 0.15) is 10.7 Å². The average molecular weight is 332 g/mol. The molecule has 1 atom stereocenters. The number of aromatic nitrogens is 1. The van der Waals surface area contributed by atoms with Crippen LogP contribution in [0.3, 0.4) is 0 Å². The zero-order valence-electron chi connectivity index (χ0n) is 10.7. The molecule has 1 heterocycles. The minimum Gasteiger partial charge on any atom is -0.370 e. The van der Waals surface area contributed by atoms with Gasteiger partial charge in [-0.05, 0) is 19.9 Å². The molecule has 2 aromatic rings. The van der Waals surface area contributed by atoms with Gasteiger partial charge >= 0.3 is 0 Å². The van der Waals surface area contributed by atoms with Crippen LogP contribution >= 0.6 is 34.5 Å². The molecule has 1 aromatic heterocycles. The lowest BCUT2D eigenvalue weighted by atomic mass is 10.2. The van der Waals surface area contributed by atoms with Gasteiger partial charge in [0.25, 0.3) is 5.69 Å². The monoisotopic (exact) mass is 331 g/mol. The Morgan fingerprint density at radius 3 is 2.60 bits per heavy atom. The summed E-state index contributed by atoms with van der Waals surface area (Å²) in [4.78, 5) is 14.9. The number of halogens is 2. The van der Waals surface area contributed by atoms with Crippen LogP contribution in [0, 0.1) is 17.0 Å². The predicted octanol–water partition coefficient (Wildman–Crippen LogP) is 4.84. The van der Waals surface area contributed by atoms with E-state index >= 15 is 0 Å². The summed E-state index contributed by atoms with van der Waals surface area (Å²) in [7, 11) is 0. The summed E-state index contributed by atoms with van der Waals surface area (Å²) in [6, 6.07) is 2.54. The number of nitrogens with zero attached hydrogens (tertiary/aromatic N) is 2. The lowest BCUT2D eigenvalue weighted by Crippen LogP contribution is -2.08. The Morgan fingerprint density at radius 1 is 1.40 bits per heavy atom. The van der Waals surface area contributed by atoms with Gasteiger partial charge < -0.3 is 5.32 Å². The van der Waals surface area contributed by atoms with Gasteiger partial charge in [-0.25, -0.2) is 4.98 Å². The van der Waals surface area contributed by atoms with Crippen molar-refractivity contribution < 1.29 is 4.92 Å². The molecular weight excluding hydrogens is 321 g/mol. The average Bonchev–Trinajstić information content (AvgIpc) is 2.80. The second-order valence-corrected chi connectivity index (χ2v) is 5.94. The van der Waals surface area contributed by atoms with E-state index in [1.165, 1.54) is 23.5 Å². The van der Waals surface area contributed by atoms with Gasteiger partial charge in [0.2, 0.25) is 0 Å². The molecule has 0 saturated heterocycles. The molecule has 0 aliphatic heterocycles. The molecule has 0 saturated carbocycles. The van der Waals surface area contributed by atoms with Crippen molar-refractivity contribution in [2.75, 3.05) is 5.32 Å². The molecule has 0 amide bonds. The number of hydrogen-bond donors (Lipinski definition) is 1. The van der Waals surface area contributed by atoms with Gasteiger partial charge in [-0.1, -0.05) is 23.2 Å². The molecule has 106 valence electrons. The summed E-state index contributed by atoms with van der Waals surface area (Å²) >= 11 is 13.2. The maximum absolute atomic E-state index is 11.1. The van der Waals surface area contributed by atoms with E-state index in [-0.39, 0.29) is 21.8 Å². The molecule has 0 aliphatic rings. The maximum atomic E-state index is 11.1. The quantitative estimate of drug-likeness (QED) is 0.642. The van der Waals surface area contributed by atoms with Crippen LogP contribution in [0.5, 0.6) is 0 Å². The van der Waals surface area contributed by atoms with Crippen LogP contribution in [-0.2, 0) is 0 Å². The van der Waals surface area contributed by atoms with Crippen molar-refractivity contribution in [1.29, 1.82) is 0 Å². The van der Waals surface area contributed by atoms with E-state index in [1.54, 1.807) is 0 Å². The number of thiazole rings is 1. The van der Waals surface area contributed by atoms with Crippen molar-refractivity contribution in [2.45, 2.75) is 19.9 Å². The molecule has 2 rings (SSSR count). The van der Waals surface area contributed by atoms with E-state index in [0.717, 1.165) is 10.7 Å². The first kappa shape index (κ1) is 15.0. The highest BCUT2D eigenvalue weighted by Crippen LogP contribution is 2.36. The Balaban J connectivity index is 2.33. The zero-order chi connectivity index (χ0) is 14.9. The summed E-state index contributed by atoms with van der Waals surface area (Å²) in [5.74, 6) is 0. The highest BCUT2D eigenvalue weighted by Gasteiger charge is 2.20. The number of nitro benzene ring substituents is 1. The van der Waals surface area contributed by atoms with Gasteiger partial charge in [0.05, 0.1) is 21.0 Å². The molecule has 1 aromatic carbocycles. The predicted molar refractivity (Wildman–Crippen MR) is 82.0 cm³/mol. The summed E-state index contributed by atoms with van der Waals surface area (Å²) in [6.45, 7) is 3.78. The largest absolute Gasteiger partial charge is 0.370 e. The van der Waals surface area contributed by atoms with Crippen molar-refractivity contribution >= 4 is 45.9 Å². The number of anilines is 1. The van der Waals surface area contributed by atoms with Crippen molar-refractivity contribution in [3.63, 3.8) is 0 Å². The first-order valence-corrected chi connectivity index (χ1v) is 7.34. The van der Waals surface area contributed by atoms with Crippen molar-refractivity contribution in [1.82, 2.24) is 4.98 Å². The van der Waals surface area contributed by atoms with Gasteiger partial charge in [-0.3, -0.25) is 10.1 Å². The molecule has 0 fully saturated rings. The standard InChI is InChI=1S/C12H11Cl2N3O2S/c1-6-5-20-12(15-6)7(2)16-10-3-8(13)9(14)4-11(10)17(18)19/h3-5,7,16H,1-2H3. The van der Waals surface area contributed by atoms with Crippen LogP contribution in [-0.4, -0.2) is 9.91 Å². The third kappa shape index (κ3) is 3.20. The molecule has 0 spiro atoms. The van der Waals surface area contributed by atoms with Crippen LogP contribution in [0.15, 0.2) is 17.5 Å². The SMILES string of the molecule is Cc1csc(C(C)Nc2cc(Cl)c(Cl)cc2[N+](=O)[O-])n1. The van der Waals surface area contributed by atoms with Gasteiger partial charge in [-0.15, -0.1) is 11.3 Å². The minimum atomic E-state index is -0.496. The maximum Gasteiger partial charge on any atom is 0.293 e. The highest BCUT2D eigenvalue weighted by molar-refractivity contribution is 7.09. The van der Waals surface area contributed by atoms with Crippen LogP contribution in [0.2, 0.25) is 10.0 Å². The van der Waals surface area contributed by atoms with E-state index in [1.807, 2.05) is 19.2 Å². The Kier molecular flexibility index (Phi) is 4.47. The number of hydrogen-bond acceptors (Lipinski definition) is 5. The van der Waals surface area contributed by atoms with Crippen LogP contribution in [0.25, 0.3) is 0 Å². The fourth-order valence-corrected chi connectivity index (χ4v) is 2.79. The summed E-state index contributed by atoms with van der Waals surface area (Å²) in [5, 5.41) is 17.3. The fourth-order valence-electron chi connectivity index (χ4n) is 1.67. The number of rotatable bonds is 4. The van der Waals surface area contributed by atoms with E-state index in [9.17, 15) is 10.1 Å². The van der Waals surface area contributed by atoms with Gasteiger partial charge in [0, 0.05) is 17.1 Å². The fraction of sp³-hybridized carbons (Fsp3) is 0.250. The summed E-state index contributed by atoms with van der Waals surface area (Å²) in [6.07, 6.45) is 0. The lowest BCUT2D eigenvalue weighted by Gasteiger charge is -2.13. The molecule has 0 radical (unpaired) electrons. The Labute approximate surface area is 129 Å². The Bertz CT molecular complexity index is 660. The van der Waals surface area contributed by atoms with E-state index in [0.29, 0.717) is 5.69 Å². The smallest absolute Gasteiger partial charge is 0.293 e. The highest BCUT2D eigenvalue weighted by atomic mass is 35.5. The second-order valence-electron chi connectivity index (χ2n) is 4.23. The molecule has 1 unspecified atom stereocenters. The summed E-state index contributed by atoms with van der Waals surface area (Å²) in [5.41, 5.74) is 1.13. The molecule has 8 heteroatoms. The number of aryl methyl sites for hydroxylation is 1. The second kappa shape index (κ2) is 5.95. The van der Waals surface area contributed by atoms with E-state index in [4.69, 9.17) is 23.2 Å². The third-order valence-corrected chi connectivity index (χ3v) is 4.48. The van der Waals surface area contributed by atoms with Crippen LogP contribution < -0.4 is 5.32 Å². The van der Waals surface area contributed by atoms with Gasteiger partial charge in [0.15, 0.2) is 0 Å². The Morgan fingerprint density at radius 2 is 2.05 bits per heavy atom. The first-order chi connectivity index (χ1) is 9.38. The Hall–Kier alpha value is -1.37. The number of benzene rings is 1. The summed E-state index contributed by atoms with van der Waals surface area (Å²) < 4.78 is 0. The lowest BCUT2D eigenvalue weighted by molar-refractivity contribution is -0.384. The van der Waals surface area contributed by atoms with Gasteiger partial charge in [-0.2, -0.15) is 0 Å². The minimum absolute atomic E-state index is 0.112. The molecule has 5 nitrogen and oxygen atoms in total. The molecule has 20 heavy (non-hydrogen) atoms. The number of nitro groups is 1. The van der Waals surface area contributed by atoms with Crippen molar-refractivity contribution in [3.8, 4) is 0 Å². The first-order valence-electron chi connectivity index (χ1n) is 5.70. The van der Waals surface area contributed by atoms with Crippen molar-refractivity contribution in [3.05, 3.63) is 48.4 Å².